The summed E-state index contributed by atoms with van der Waals surface area (Å²) in [7, 11) is 0. The lowest BCUT2D eigenvalue weighted by atomic mass is 9.94. The number of unbranched alkanes of at least 4 members (excludes halogenated alkanes) is 10. The molecule has 21 heavy (non-hydrogen) atoms. The number of aliphatic carboxylic acids is 1. The van der Waals surface area contributed by atoms with Crippen molar-refractivity contribution in [3.63, 3.8) is 0 Å². The maximum Gasteiger partial charge on any atom is 0.306 e. The fraction of sp³-hybridized carbons (Fsp3) is 0.944. The van der Waals surface area contributed by atoms with Gasteiger partial charge in [0.05, 0.1) is 5.92 Å². The van der Waals surface area contributed by atoms with E-state index in [-0.39, 0.29) is 5.92 Å². The van der Waals surface area contributed by atoms with E-state index >= 15 is 0 Å². The predicted molar refractivity (Wildman–Crippen MR) is 90.5 cm³/mol. The lowest BCUT2D eigenvalue weighted by Crippen LogP contribution is -2.13. The molecule has 0 heterocycles. The minimum Gasteiger partial charge on any atom is -0.481 e. The number of hydrogen-bond acceptors (Lipinski definition) is 2. The van der Waals surface area contributed by atoms with Crippen molar-refractivity contribution in [1.82, 2.24) is 0 Å². The van der Waals surface area contributed by atoms with Crippen LogP contribution in [0.3, 0.4) is 0 Å². The molecule has 3 N–H and O–H groups in total. The van der Waals surface area contributed by atoms with Gasteiger partial charge in [0.2, 0.25) is 0 Å². The molecular formula is C18H37NO2. The highest BCUT2D eigenvalue weighted by atomic mass is 16.4. The maximum atomic E-state index is 11.2. The first-order chi connectivity index (χ1) is 10.2. The van der Waals surface area contributed by atoms with Gasteiger partial charge in [0.25, 0.3) is 0 Å². The van der Waals surface area contributed by atoms with E-state index in [9.17, 15) is 9.90 Å². The molecule has 0 aliphatic carbocycles. The molecule has 0 aromatic heterocycles. The summed E-state index contributed by atoms with van der Waals surface area (Å²) in [4.78, 5) is 11.2. The molecule has 0 aliphatic rings. The standard InChI is InChI=1S/C18H37NO2/c1-2-3-4-5-6-7-8-9-11-14-17(18(20)21)15-12-10-13-16-19/h17H,2-16,19H2,1H3,(H,20,21). The molecule has 3 heteroatoms. The number of hydrogen-bond donors (Lipinski definition) is 2. The molecule has 0 aliphatic heterocycles. The second kappa shape index (κ2) is 15.8. The summed E-state index contributed by atoms with van der Waals surface area (Å²) in [6.07, 6.45) is 16.4. The van der Waals surface area contributed by atoms with Crippen molar-refractivity contribution in [1.29, 1.82) is 0 Å². The van der Waals surface area contributed by atoms with Gasteiger partial charge in [-0.2, -0.15) is 0 Å². The van der Waals surface area contributed by atoms with Gasteiger partial charge in [0, 0.05) is 0 Å². The Hall–Kier alpha value is -0.570. The Balaban J connectivity index is 3.45. The lowest BCUT2D eigenvalue weighted by Gasteiger charge is -2.11. The lowest BCUT2D eigenvalue weighted by molar-refractivity contribution is -0.142. The van der Waals surface area contributed by atoms with Crippen LogP contribution in [0.4, 0.5) is 0 Å². The minimum absolute atomic E-state index is 0.132. The summed E-state index contributed by atoms with van der Waals surface area (Å²) in [5.41, 5.74) is 5.45. The molecule has 0 saturated carbocycles. The number of carbonyl (C=O) groups is 1. The van der Waals surface area contributed by atoms with Crippen molar-refractivity contribution in [2.75, 3.05) is 6.54 Å². The molecule has 1 unspecified atom stereocenters. The van der Waals surface area contributed by atoms with Crippen LogP contribution in [0.2, 0.25) is 0 Å². The summed E-state index contributed by atoms with van der Waals surface area (Å²) in [6, 6.07) is 0. The average molecular weight is 299 g/mol. The van der Waals surface area contributed by atoms with Crippen LogP contribution in [0.15, 0.2) is 0 Å². The minimum atomic E-state index is -0.609. The van der Waals surface area contributed by atoms with Gasteiger partial charge in [-0.1, -0.05) is 77.6 Å². The molecule has 126 valence electrons. The van der Waals surface area contributed by atoms with Gasteiger partial charge in [0.15, 0.2) is 0 Å². The zero-order valence-electron chi connectivity index (χ0n) is 14.1. The van der Waals surface area contributed by atoms with Crippen LogP contribution in [0, 0.1) is 5.92 Å². The van der Waals surface area contributed by atoms with Crippen LogP contribution in [0.25, 0.3) is 0 Å². The Kier molecular flexibility index (Phi) is 15.4. The van der Waals surface area contributed by atoms with Crippen molar-refractivity contribution in [3.05, 3.63) is 0 Å². The number of carboxylic acid groups (broad SMARTS) is 1. The molecule has 0 rings (SSSR count). The van der Waals surface area contributed by atoms with Gasteiger partial charge >= 0.3 is 5.97 Å². The zero-order valence-corrected chi connectivity index (χ0v) is 14.1. The van der Waals surface area contributed by atoms with Crippen LogP contribution >= 0.6 is 0 Å². The van der Waals surface area contributed by atoms with Gasteiger partial charge in [-0.25, -0.2) is 0 Å². The van der Waals surface area contributed by atoms with Gasteiger partial charge in [-0.05, 0) is 25.8 Å². The Morgan fingerprint density at radius 3 is 1.67 bits per heavy atom. The number of nitrogens with two attached hydrogens (primary N) is 1. The topological polar surface area (TPSA) is 63.3 Å². The molecule has 1 atom stereocenters. The molecule has 0 bridgehead atoms. The van der Waals surface area contributed by atoms with Crippen molar-refractivity contribution in [3.8, 4) is 0 Å². The van der Waals surface area contributed by atoms with E-state index in [1.165, 1.54) is 51.4 Å². The van der Waals surface area contributed by atoms with Crippen LogP contribution in [0.5, 0.6) is 0 Å². The first-order valence-electron chi connectivity index (χ1n) is 9.15. The Morgan fingerprint density at radius 1 is 0.810 bits per heavy atom. The zero-order chi connectivity index (χ0) is 15.8. The van der Waals surface area contributed by atoms with E-state index in [0.29, 0.717) is 0 Å². The van der Waals surface area contributed by atoms with Gasteiger partial charge in [-0.3, -0.25) is 4.79 Å². The monoisotopic (exact) mass is 299 g/mol. The third-order valence-corrected chi connectivity index (χ3v) is 4.26. The van der Waals surface area contributed by atoms with E-state index in [1.807, 2.05) is 0 Å². The first-order valence-corrected chi connectivity index (χ1v) is 9.15. The fourth-order valence-electron chi connectivity index (χ4n) is 2.80. The Labute approximate surface area is 131 Å². The van der Waals surface area contributed by atoms with Gasteiger partial charge in [-0.15, -0.1) is 0 Å². The summed E-state index contributed by atoms with van der Waals surface area (Å²) in [6.45, 7) is 2.96. The molecule has 0 amide bonds. The van der Waals surface area contributed by atoms with Gasteiger partial charge in [0.1, 0.15) is 0 Å². The first kappa shape index (κ1) is 20.4. The molecule has 0 saturated heterocycles. The van der Waals surface area contributed by atoms with Crippen LogP contribution < -0.4 is 5.73 Å². The smallest absolute Gasteiger partial charge is 0.306 e. The normalized spacial score (nSPS) is 12.5. The number of rotatable bonds is 16. The van der Waals surface area contributed by atoms with Crippen molar-refractivity contribution >= 4 is 5.97 Å². The van der Waals surface area contributed by atoms with Crippen molar-refractivity contribution in [2.45, 2.75) is 96.8 Å². The highest BCUT2D eigenvalue weighted by Gasteiger charge is 2.15. The molecular weight excluding hydrogens is 262 g/mol. The van der Waals surface area contributed by atoms with Crippen LogP contribution in [-0.2, 0) is 4.79 Å². The highest BCUT2D eigenvalue weighted by molar-refractivity contribution is 5.69. The van der Waals surface area contributed by atoms with Crippen molar-refractivity contribution in [2.24, 2.45) is 11.7 Å². The van der Waals surface area contributed by atoms with Crippen LogP contribution in [-0.4, -0.2) is 17.6 Å². The molecule has 3 nitrogen and oxygen atoms in total. The van der Waals surface area contributed by atoms with E-state index in [0.717, 1.165) is 45.1 Å². The fourth-order valence-corrected chi connectivity index (χ4v) is 2.80. The van der Waals surface area contributed by atoms with E-state index in [4.69, 9.17) is 5.73 Å². The second-order valence-electron chi connectivity index (χ2n) is 6.29. The third-order valence-electron chi connectivity index (χ3n) is 4.26. The van der Waals surface area contributed by atoms with E-state index < -0.39 is 5.97 Å². The van der Waals surface area contributed by atoms with Crippen molar-refractivity contribution < 1.29 is 9.90 Å². The molecule has 0 aromatic rings. The summed E-state index contributed by atoms with van der Waals surface area (Å²) < 4.78 is 0. The average Bonchev–Trinajstić information content (AvgIpc) is 2.47. The van der Waals surface area contributed by atoms with Crippen LogP contribution in [0.1, 0.15) is 96.8 Å². The third kappa shape index (κ3) is 14.1. The quantitative estimate of drug-likeness (QED) is 0.388. The van der Waals surface area contributed by atoms with E-state index in [2.05, 4.69) is 6.92 Å². The van der Waals surface area contributed by atoms with Gasteiger partial charge < -0.3 is 10.8 Å². The van der Waals surface area contributed by atoms with E-state index in [1.54, 1.807) is 0 Å². The maximum absolute atomic E-state index is 11.2. The molecule has 0 radical (unpaired) electrons. The Bertz CT molecular complexity index is 231. The molecule has 0 aromatic carbocycles. The largest absolute Gasteiger partial charge is 0.481 e. The molecule has 0 fully saturated rings. The predicted octanol–water partition coefficient (Wildman–Crippen LogP) is 5.13. The summed E-state index contributed by atoms with van der Waals surface area (Å²) in [5.74, 6) is -0.741. The molecule has 0 spiro atoms. The second-order valence-corrected chi connectivity index (χ2v) is 6.29. The summed E-state index contributed by atoms with van der Waals surface area (Å²) in [5, 5.41) is 9.23. The highest BCUT2D eigenvalue weighted by Crippen LogP contribution is 2.19. The Morgan fingerprint density at radius 2 is 1.24 bits per heavy atom. The number of carboxylic acids is 1. The summed E-state index contributed by atoms with van der Waals surface area (Å²) >= 11 is 0. The SMILES string of the molecule is CCCCCCCCCCCC(CCCCCN)C(=O)O.